The fraction of sp³-hybridized carbons (Fsp3) is 0.583. The molecule has 0 spiro atoms. The van der Waals surface area contributed by atoms with Gasteiger partial charge in [0, 0.05) is 18.1 Å². The third kappa shape index (κ3) is 4.95. The number of nitrogens with zero attached hydrogens (tertiary/aromatic N) is 1. The summed E-state index contributed by atoms with van der Waals surface area (Å²) < 4.78 is 2.28. The smallest absolute Gasteiger partial charge is 0.171 e. The fourth-order valence-electron chi connectivity index (χ4n) is 1.51. The maximum atomic E-state index is 2.28. The predicted molar refractivity (Wildman–Crippen MR) is 55.5 cm³/mol. The zero-order valence-corrected chi connectivity index (χ0v) is 9.17. The molecule has 0 unspecified atom stereocenters. The van der Waals surface area contributed by atoms with Crippen molar-refractivity contribution >= 4 is 0 Å². The van der Waals surface area contributed by atoms with E-state index in [9.17, 15) is 0 Å². The van der Waals surface area contributed by atoms with E-state index in [1.54, 1.807) is 0 Å². The second-order valence-corrected chi connectivity index (χ2v) is 3.68. The number of aromatic nitrogens is 1. The van der Waals surface area contributed by atoms with E-state index in [1.165, 1.54) is 37.8 Å². The highest BCUT2D eigenvalue weighted by Crippen LogP contribution is 1.98. The van der Waals surface area contributed by atoms with Crippen molar-refractivity contribution < 1.29 is 9.27 Å². The number of halogens is 1. The lowest BCUT2D eigenvalue weighted by molar-refractivity contribution is -0.697. The van der Waals surface area contributed by atoms with Gasteiger partial charge in [-0.25, -0.2) is 4.57 Å². The highest BCUT2D eigenvalue weighted by molar-refractivity contribution is 5.01. The summed E-state index contributed by atoms with van der Waals surface area (Å²) in [6, 6.07) is 4.26. The molecule has 1 rings (SSSR count). The Kier molecular flexibility index (Phi) is 6.99. The standard InChI is InChI=1S/C12H20N.FH/c1-3-4-5-6-9-13-10-7-8-12(2)11-13;/h7-8,10-11H,3-6,9H2,1-2H3;1H/q+1;/p-1. The van der Waals surface area contributed by atoms with E-state index in [0.29, 0.717) is 0 Å². The Hall–Kier alpha value is -0.920. The maximum Gasteiger partial charge on any atom is 0.171 e. The van der Waals surface area contributed by atoms with Crippen LogP contribution in [-0.2, 0) is 6.54 Å². The molecule has 0 aliphatic heterocycles. The van der Waals surface area contributed by atoms with E-state index in [0.717, 1.165) is 0 Å². The molecular formula is C12H20FN. The molecule has 1 heterocycles. The fourth-order valence-corrected chi connectivity index (χ4v) is 1.51. The van der Waals surface area contributed by atoms with Crippen LogP contribution in [0.5, 0.6) is 0 Å². The molecule has 0 N–H and O–H groups in total. The highest BCUT2D eigenvalue weighted by Gasteiger charge is 1.98. The minimum Gasteiger partial charge on any atom is -1.00 e. The largest absolute Gasteiger partial charge is 1.00 e. The molecule has 0 fully saturated rings. The topological polar surface area (TPSA) is 3.88 Å². The molecule has 1 aromatic rings. The summed E-state index contributed by atoms with van der Waals surface area (Å²) in [7, 11) is 0. The molecule has 2 heteroatoms. The van der Waals surface area contributed by atoms with E-state index in [4.69, 9.17) is 0 Å². The lowest BCUT2D eigenvalue weighted by Gasteiger charge is -1.97. The van der Waals surface area contributed by atoms with Crippen molar-refractivity contribution in [3.63, 3.8) is 0 Å². The van der Waals surface area contributed by atoms with Gasteiger partial charge in [-0.15, -0.1) is 0 Å². The van der Waals surface area contributed by atoms with E-state index in [2.05, 4.69) is 42.9 Å². The molecule has 0 atom stereocenters. The number of hydrogen-bond acceptors (Lipinski definition) is 0. The number of hydrogen-bond donors (Lipinski definition) is 0. The molecular weight excluding hydrogens is 177 g/mol. The quantitative estimate of drug-likeness (QED) is 0.457. The first-order valence-electron chi connectivity index (χ1n) is 5.28. The minimum atomic E-state index is 0. The van der Waals surface area contributed by atoms with Crippen molar-refractivity contribution in [3.8, 4) is 0 Å². The Bertz CT molecular complexity index is 248. The second-order valence-electron chi connectivity index (χ2n) is 3.68. The van der Waals surface area contributed by atoms with Gasteiger partial charge in [0.2, 0.25) is 0 Å². The summed E-state index contributed by atoms with van der Waals surface area (Å²) in [5.41, 5.74) is 1.35. The zero-order chi connectivity index (χ0) is 9.52. The summed E-state index contributed by atoms with van der Waals surface area (Å²) in [5, 5.41) is 0. The van der Waals surface area contributed by atoms with Crippen LogP contribution in [0.15, 0.2) is 24.5 Å². The summed E-state index contributed by atoms with van der Waals surface area (Å²) in [6.07, 6.45) is 9.72. The molecule has 0 aromatic carbocycles. The minimum absolute atomic E-state index is 0. The van der Waals surface area contributed by atoms with Gasteiger partial charge in [-0.3, -0.25) is 0 Å². The lowest BCUT2D eigenvalue weighted by Crippen LogP contribution is -3.00. The molecule has 1 nitrogen and oxygen atoms in total. The Morgan fingerprint density at radius 3 is 2.64 bits per heavy atom. The lowest BCUT2D eigenvalue weighted by atomic mass is 10.2. The Balaban J connectivity index is 0.00000169. The van der Waals surface area contributed by atoms with Gasteiger partial charge in [-0.1, -0.05) is 19.8 Å². The normalized spacial score (nSPS) is 9.57. The van der Waals surface area contributed by atoms with Crippen molar-refractivity contribution in [2.75, 3.05) is 0 Å². The zero-order valence-electron chi connectivity index (χ0n) is 9.17. The molecule has 0 bridgehead atoms. The molecule has 14 heavy (non-hydrogen) atoms. The van der Waals surface area contributed by atoms with Gasteiger partial charge in [-0.2, -0.15) is 0 Å². The van der Waals surface area contributed by atoms with E-state index < -0.39 is 0 Å². The summed E-state index contributed by atoms with van der Waals surface area (Å²) >= 11 is 0. The predicted octanol–water partition coefficient (Wildman–Crippen LogP) is -0.133. The van der Waals surface area contributed by atoms with Gasteiger partial charge in [-0.05, 0) is 19.4 Å². The van der Waals surface area contributed by atoms with Gasteiger partial charge < -0.3 is 4.70 Å². The van der Waals surface area contributed by atoms with E-state index in [-0.39, 0.29) is 4.70 Å². The van der Waals surface area contributed by atoms with Crippen molar-refractivity contribution in [3.05, 3.63) is 30.1 Å². The van der Waals surface area contributed by atoms with Crippen molar-refractivity contribution in [1.29, 1.82) is 0 Å². The Labute approximate surface area is 86.1 Å². The molecule has 80 valence electrons. The highest BCUT2D eigenvalue weighted by atomic mass is 19.0. The van der Waals surface area contributed by atoms with Gasteiger partial charge in [0.1, 0.15) is 6.54 Å². The van der Waals surface area contributed by atoms with Gasteiger partial charge in [0.05, 0.1) is 0 Å². The number of pyridine rings is 1. The number of unbranched alkanes of at least 4 members (excludes halogenated alkanes) is 3. The van der Waals surface area contributed by atoms with Gasteiger partial charge in [0.25, 0.3) is 0 Å². The van der Waals surface area contributed by atoms with Crippen molar-refractivity contribution in [1.82, 2.24) is 0 Å². The molecule has 0 aliphatic carbocycles. The average molecular weight is 197 g/mol. The Morgan fingerprint density at radius 2 is 2.00 bits per heavy atom. The summed E-state index contributed by atoms with van der Waals surface area (Å²) in [5.74, 6) is 0. The van der Waals surface area contributed by atoms with Crippen LogP contribution in [0.3, 0.4) is 0 Å². The van der Waals surface area contributed by atoms with Crippen LogP contribution in [0.2, 0.25) is 0 Å². The van der Waals surface area contributed by atoms with Crippen LogP contribution < -0.4 is 9.27 Å². The molecule has 0 radical (unpaired) electrons. The van der Waals surface area contributed by atoms with Crippen LogP contribution in [0.4, 0.5) is 0 Å². The summed E-state index contributed by atoms with van der Waals surface area (Å²) in [4.78, 5) is 0. The second kappa shape index (κ2) is 7.48. The molecule has 0 aliphatic rings. The van der Waals surface area contributed by atoms with E-state index >= 15 is 0 Å². The van der Waals surface area contributed by atoms with Crippen molar-refractivity contribution in [2.24, 2.45) is 0 Å². The third-order valence-corrected chi connectivity index (χ3v) is 2.28. The van der Waals surface area contributed by atoms with Crippen LogP contribution in [-0.4, -0.2) is 0 Å². The first-order valence-corrected chi connectivity index (χ1v) is 5.28. The van der Waals surface area contributed by atoms with Gasteiger partial charge >= 0.3 is 0 Å². The maximum absolute atomic E-state index is 2.28. The van der Waals surface area contributed by atoms with Crippen LogP contribution in [0.1, 0.15) is 38.2 Å². The molecule has 0 saturated carbocycles. The first kappa shape index (κ1) is 13.1. The third-order valence-electron chi connectivity index (χ3n) is 2.28. The van der Waals surface area contributed by atoms with Crippen LogP contribution in [0.25, 0.3) is 0 Å². The Morgan fingerprint density at radius 1 is 1.21 bits per heavy atom. The first-order chi connectivity index (χ1) is 6.33. The van der Waals surface area contributed by atoms with Gasteiger partial charge in [0.15, 0.2) is 12.4 Å². The number of rotatable bonds is 5. The molecule has 1 aromatic heterocycles. The SMILES string of the molecule is CCCCCC[n+]1cccc(C)c1.[F-]. The van der Waals surface area contributed by atoms with E-state index in [1.807, 2.05) is 0 Å². The molecule has 0 amide bonds. The average Bonchev–Trinajstić information content (AvgIpc) is 2.13. The summed E-state index contributed by atoms with van der Waals surface area (Å²) in [6.45, 7) is 5.56. The number of aryl methyl sites for hydroxylation is 2. The monoisotopic (exact) mass is 197 g/mol. The molecule has 0 saturated heterocycles. The van der Waals surface area contributed by atoms with Crippen LogP contribution in [0, 0.1) is 6.92 Å². The van der Waals surface area contributed by atoms with Crippen molar-refractivity contribution in [2.45, 2.75) is 46.1 Å². The van der Waals surface area contributed by atoms with Crippen LogP contribution >= 0.6 is 0 Å².